The number of pyridine rings is 1. The van der Waals surface area contributed by atoms with Gasteiger partial charge in [0.2, 0.25) is 5.91 Å². The third-order valence-corrected chi connectivity index (χ3v) is 5.14. The summed E-state index contributed by atoms with van der Waals surface area (Å²) >= 11 is 0. The zero-order chi connectivity index (χ0) is 14.8. The Hall–Kier alpha value is -2.43. The highest BCUT2D eigenvalue weighted by Crippen LogP contribution is 2.46. The fourth-order valence-corrected chi connectivity index (χ4v) is 4.02. The molecule has 2 fully saturated rings. The van der Waals surface area contributed by atoms with Crippen LogP contribution in [0, 0.1) is 11.8 Å². The average Bonchev–Trinajstić information content (AvgIpc) is 3.07. The van der Waals surface area contributed by atoms with Crippen molar-refractivity contribution in [2.45, 2.75) is 19.0 Å². The van der Waals surface area contributed by atoms with Crippen molar-refractivity contribution in [3.63, 3.8) is 0 Å². The minimum Gasteiger partial charge on any atom is -0.465 e. The number of rotatable bonds is 0. The zero-order valence-electron chi connectivity index (χ0n) is 11.9. The summed E-state index contributed by atoms with van der Waals surface area (Å²) in [5.41, 5.74) is 2.99. The third-order valence-electron chi connectivity index (χ3n) is 5.14. The lowest BCUT2D eigenvalue weighted by atomic mass is 9.83. The molecular weight excluding hydrogens is 280 g/mol. The summed E-state index contributed by atoms with van der Waals surface area (Å²) < 4.78 is 5.09. The molecular formula is C17H14N2O3. The van der Waals surface area contributed by atoms with Gasteiger partial charge in [0.1, 0.15) is 6.61 Å². The largest absolute Gasteiger partial charge is 0.465 e. The lowest BCUT2D eigenvalue weighted by Gasteiger charge is -2.34. The quantitative estimate of drug-likeness (QED) is 0.695. The average molecular weight is 294 g/mol. The van der Waals surface area contributed by atoms with Crippen LogP contribution in [0.2, 0.25) is 0 Å². The van der Waals surface area contributed by atoms with Gasteiger partial charge in [-0.15, -0.1) is 0 Å². The number of amides is 1. The summed E-state index contributed by atoms with van der Waals surface area (Å²) in [7, 11) is 0. The molecule has 2 saturated heterocycles. The smallest absolute Gasteiger partial charge is 0.309 e. The van der Waals surface area contributed by atoms with Crippen LogP contribution in [-0.2, 0) is 20.9 Å². The van der Waals surface area contributed by atoms with E-state index in [2.05, 4.69) is 6.07 Å². The Morgan fingerprint density at radius 2 is 2.05 bits per heavy atom. The van der Waals surface area contributed by atoms with Gasteiger partial charge in [0.05, 0.1) is 29.1 Å². The number of esters is 1. The van der Waals surface area contributed by atoms with Crippen LogP contribution in [0.15, 0.2) is 30.3 Å². The Morgan fingerprint density at radius 1 is 1.18 bits per heavy atom. The van der Waals surface area contributed by atoms with E-state index in [0.717, 1.165) is 22.2 Å². The number of para-hydroxylation sites is 1. The first-order valence-corrected chi connectivity index (χ1v) is 7.58. The normalized spacial score (nSPS) is 29.3. The van der Waals surface area contributed by atoms with Crippen molar-refractivity contribution < 1.29 is 14.3 Å². The number of nitrogens with zero attached hydrogens (tertiary/aromatic N) is 2. The molecule has 0 unspecified atom stereocenters. The van der Waals surface area contributed by atoms with Crippen molar-refractivity contribution in [3.8, 4) is 0 Å². The van der Waals surface area contributed by atoms with Crippen LogP contribution in [0.4, 0.5) is 0 Å². The molecule has 5 nitrogen and oxygen atoms in total. The molecule has 1 aromatic carbocycles. The van der Waals surface area contributed by atoms with Gasteiger partial charge < -0.3 is 9.64 Å². The Kier molecular flexibility index (Phi) is 2.24. The maximum Gasteiger partial charge on any atom is 0.309 e. The van der Waals surface area contributed by atoms with E-state index in [0.29, 0.717) is 13.0 Å². The number of piperidine rings is 1. The van der Waals surface area contributed by atoms with E-state index in [1.54, 1.807) is 0 Å². The number of fused-ring (bicyclic) bond motifs is 5. The SMILES string of the molecule is O=C1OC[C@H]2C(=O)N3Cc4cc5ccccc5nc4[C@@H]3C[C@H]12. The van der Waals surface area contributed by atoms with E-state index >= 15 is 0 Å². The molecule has 0 bridgehead atoms. The van der Waals surface area contributed by atoms with Crippen LogP contribution >= 0.6 is 0 Å². The molecule has 0 N–H and O–H groups in total. The van der Waals surface area contributed by atoms with E-state index in [-0.39, 0.29) is 36.4 Å². The minimum absolute atomic E-state index is 0.0363. The van der Waals surface area contributed by atoms with Crippen LogP contribution in [-0.4, -0.2) is 28.4 Å². The Morgan fingerprint density at radius 3 is 2.95 bits per heavy atom. The second-order valence-corrected chi connectivity index (χ2v) is 6.29. The standard InChI is InChI=1S/C17H14N2O3/c20-16-12-8-22-17(21)11(12)6-14-15-10(7-19(14)16)5-9-3-1-2-4-13(9)18-15/h1-5,11-12,14H,6-8H2/t11-,12+,14-/m0/s1. The van der Waals surface area contributed by atoms with Gasteiger partial charge in [-0.1, -0.05) is 18.2 Å². The fraction of sp³-hybridized carbons (Fsp3) is 0.353. The number of hydrogen-bond donors (Lipinski definition) is 0. The number of carbonyl (C=O) groups is 2. The van der Waals surface area contributed by atoms with Gasteiger partial charge >= 0.3 is 5.97 Å². The molecule has 4 heterocycles. The summed E-state index contributed by atoms with van der Waals surface area (Å²) in [6.45, 7) is 0.825. The van der Waals surface area contributed by atoms with Crippen LogP contribution in [0.25, 0.3) is 10.9 Å². The van der Waals surface area contributed by atoms with Crippen molar-refractivity contribution in [1.29, 1.82) is 0 Å². The number of cyclic esters (lactones) is 1. The first-order chi connectivity index (χ1) is 10.7. The molecule has 0 spiro atoms. The molecule has 0 aliphatic carbocycles. The Bertz CT molecular complexity index is 832. The summed E-state index contributed by atoms with van der Waals surface area (Å²) in [6.07, 6.45) is 0.633. The molecule has 0 radical (unpaired) electrons. The van der Waals surface area contributed by atoms with Gasteiger partial charge in [-0.2, -0.15) is 0 Å². The highest BCUT2D eigenvalue weighted by molar-refractivity contribution is 5.90. The van der Waals surface area contributed by atoms with Crippen molar-refractivity contribution in [2.24, 2.45) is 11.8 Å². The lowest BCUT2D eigenvalue weighted by Crippen LogP contribution is -2.44. The van der Waals surface area contributed by atoms with Crippen molar-refractivity contribution in [3.05, 3.63) is 41.6 Å². The van der Waals surface area contributed by atoms with Gasteiger partial charge in [0.15, 0.2) is 0 Å². The molecule has 2 aromatic rings. The topological polar surface area (TPSA) is 59.5 Å². The molecule has 5 rings (SSSR count). The van der Waals surface area contributed by atoms with Gasteiger partial charge in [0, 0.05) is 11.9 Å². The van der Waals surface area contributed by atoms with Crippen molar-refractivity contribution in [2.75, 3.05) is 6.61 Å². The second kappa shape index (κ2) is 4.06. The maximum absolute atomic E-state index is 12.7. The molecule has 1 amide bonds. The van der Waals surface area contributed by atoms with Crippen LogP contribution in [0.5, 0.6) is 0 Å². The van der Waals surface area contributed by atoms with Gasteiger partial charge in [-0.25, -0.2) is 0 Å². The predicted octanol–water partition coefficient (Wildman–Crippen LogP) is 1.81. The molecule has 3 aliphatic heterocycles. The second-order valence-electron chi connectivity index (χ2n) is 6.29. The number of hydrogen-bond acceptors (Lipinski definition) is 4. The first kappa shape index (κ1) is 12.1. The predicted molar refractivity (Wildman–Crippen MR) is 77.6 cm³/mol. The van der Waals surface area contributed by atoms with Gasteiger partial charge in [0.25, 0.3) is 0 Å². The first-order valence-electron chi connectivity index (χ1n) is 7.58. The van der Waals surface area contributed by atoms with E-state index in [4.69, 9.17) is 9.72 Å². The number of carbonyl (C=O) groups excluding carboxylic acids is 2. The highest BCUT2D eigenvalue weighted by atomic mass is 16.5. The van der Waals surface area contributed by atoms with Crippen molar-refractivity contribution >= 4 is 22.8 Å². The summed E-state index contributed by atoms with van der Waals surface area (Å²) in [6, 6.07) is 10.0. The molecule has 0 saturated carbocycles. The van der Waals surface area contributed by atoms with Gasteiger partial charge in [-0.05, 0) is 24.1 Å². The summed E-state index contributed by atoms with van der Waals surface area (Å²) in [5.74, 6) is -0.790. The Labute approximate surface area is 126 Å². The minimum atomic E-state index is -0.299. The molecule has 110 valence electrons. The molecule has 1 aromatic heterocycles. The third kappa shape index (κ3) is 1.46. The molecule has 22 heavy (non-hydrogen) atoms. The summed E-state index contributed by atoms with van der Waals surface area (Å²) in [5, 5.41) is 1.09. The van der Waals surface area contributed by atoms with Crippen LogP contribution < -0.4 is 0 Å². The van der Waals surface area contributed by atoms with E-state index < -0.39 is 0 Å². The van der Waals surface area contributed by atoms with Crippen LogP contribution in [0.3, 0.4) is 0 Å². The maximum atomic E-state index is 12.7. The molecule has 5 heteroatoms. The number of ether oxygens (including phenoxy) is 1. The lowest BCUT2D eigenvalue weighted by molar-refractivity contribution is -0.148. The van der Waals surface area contributed by atoms with E-state index in [1.807, 2.05) is 29.2 Å². The van der Waals surface area contributed by atoms with E-state index in [1.165, 1.54) is 0 Å². The van der Waals surface area contributed by atoms with Crippen molar-refractivity contribution in [1.82, 2.24) is 9.88 Å². The zero-order valence-corrected chi connectivity index (χ0v) is 11.9. The highest BCUT2D eigenvalue weighted by Gasteiger charge is 2.52. The van der Waals surface area contributed by atoms with Crippen LogP contribution in [0.1, 0.15) is 23.7 Å². The fourth-order valence-electron chi connectivity index (χ4n) is 4.02. The monoisotopic (exact) mass is 294 g/mol. The molecule has 3 aliphatic rings. The number of benzene rings is 1. The Balaban J connectivity index is 1.63. The van der Waals surface area contributed by atoms with Gasteiger partial charge in [-0.3, -0.25) is 14.6 Å². The molecule has 3 atom stereocenters. The van der Waals surface area contributed by atoms with E-state index in [9.17, 15) is 9.59 Å². The summed E-state index contributed by atoms with van der Waals surface area (Å²) in [4.78, 5) is 31.2. The number of aromatic nitrogens is 1.